The van der Waals surface area contributed by atoms with Gasteiger partial charge in [0.15, 0.2) is 0 Å². The molecule has 0 unspecified atom stereocenters. The summed E-state index contributed by atoms with van der Waals surface area (Å²) in [5, 5.41) is 6.68. The third-order valence-electron chi connectivity index (χ3n) is 2.72. The minimum absolute atomic E-state index is 0.781. The van der Waals surface area contributed by atoms with Gasteiger partial charge in [0, 0.05) is 23.9 Å². The van der Waals surface area contributed by atoms with Gasteiger partial charge < -0.3 is 10.6 Å². The Morgan fingerprint density at radius 3 is 2.50 bits per heavy atom. The molecule has 0 aromatic carbocycles. The molecule has 0 fully saturated rings. The van der Waals surface area contributed by atoms with Crippen molar-refractivity contribution in [1.82, 2.24) is 9.97 Å². The van der Waals surface area contributed by atoms with E-state index in [1.54, 1.807) is 11.3 Å². The fraction of sp³-hybridized carbons (Fsp3) is 0.429. The molecule has 2 rings (SSSR count). The molecule has 2 aromatic heterocycles. The molecule has 0 aliphatic rings. The number of hydrogen-bond acceptors (Lipinski definition) is 5. The van der Waals surface area contributed by atoms with Crippen molar-refractivity contribution in [3.63, 3.8) is 0 Å². The van der Waals surface area contributed by atoms with Crippen LogP contribution in [0.15, 0.2) is 22.0 Å². The van der Waals surface area contributed by atoms with Crippen LogP contribution in [0.3, 0.4) is 0 Å². The first-order chi connectivity index (χ1) is 9.71. The first-order valence-corrected chi connectivity index (χ1v) is 8.42. The number of nitrogens with one attached hydrogen (secondary N) is 2. The van der Waals surface area contributed by atoms with Crippen LogP contribution < -0.4 is 10.6 Å². The molecule has 20 heavy (non-hydrogen) atoms. The number of nitrogens with zero attached hydrogens (tertiary/aromatic N) is 2. The van der Waals surface area contributed by atoms with Gasteiger partial charge in [0.1, 0.15) is 17.5 Å². The number of aryl methyl sites for hydroxylation is 1. The van der Waals surface area contributed by atoms with Crippen molar-refractivity contribution in [2.45, 2.75) is 33.2 Å². The van der Waals surface area contributed by atoms with Crippen molar-refractivity contribution in [1.29, 1.82) is 0 Å². The minimum Gasteiger partial charge on any atom is -0.370 e. The summed E-state index contributed by atoms with van der Waals surface area (Å²) >= 11 is 5.21. The maximum Gasteiger partial charge on any atom is 0.132 e. The Hall–Kier alpha value is -1.14. The summed E-state index contributed by atoms with van der Waals surface area (Å²) in [4.78, 5) is 10.3. The molecule has 6 heteroatoms. The molecule has 0 saturated heterocycles. The highest BCUT2D eigenvalue weighted by molar-refractivity contribution is 9.11. The molecule has 0 saturated carbocycles. The molecule has 2 aromatic rings. The van der Waals surface area contributed by atoms with Crippen molar-refractivity contribution in [2.75, 3.05) is 17.2 Å². The highest BCUT2D eigenvalue weighted by Crippen LogP contribution is 2.23. The Kier molecular flexibility index (Phi) is 5.79. The number of hydrogen-bond donors (Lipinski definition) is 2. The van der Waals surface area contributed by atoms with Crippen molar-refractivity contribution in [3.8, 4) is 0 Å². The summed E-state index contributed by atoms with van der Waals surface area (Å²) in [6, 6.07) is 6.14. The fourth-order valence-corrected chi connectivity index (χ4v) is 3.14. The second kappa shape index (κ2) is 7.59. The van der Waals surface area contributed by atoms with E-state index in [9.17, 15) is 0 Å². The van der Waals surface area contributed by atoms with E-state index in [2.05, 4.69) is 62.5 Å². The summed E-state index contributed by atoms with van der Waals surface area (Å²) in [6.45, 7) is 5.92. The van der Waals surface area contributed by atoms with E-state index < -0.39 is 0 Å². The summed E-state index contributed by atoms with van der Waals surface area (Å²) in [5.74, 6) is 2.63. The zero-order chi connectivity index (χ0) is 14.4. The van der Waals surface area contributed by atoms with Crippen LogP contribution >= 0.6 is 27.3 Å². The van der Waals surface area contributed by atoms with E-state index in [1.165, 1.54) is 4.88 Å². The number of halogens is 1. The second-order valence-electron chi connectivity index (χ2n) is 4.39. The second-order valence-corrected chi connectivity index (χ2v) is 6.94. The van der Waals surface area contributed by atoms with Crippen LogP contribution in [0.2, 0.25) is 0 Å². The van der Waals surface area contributed by atoms with Crippen LogP contribution in [-0.4, -0.2) is 16.5 Å². The predicted octanol–water partition coefficient (Wildman–Crippen LogP) is 4.30. The molecule has 0 aliphatic heterocycles. The largest absolute Gasteiger partial charge is 0.370 e. The van der Waals surface area contributed by atoms with Gasteiger partial charge in [0.05, 0.1) is 10.3 Å². The lowest BCUT2D eigenvalue weighted by atomic mass is 10.4. The maximum atomic E-state index is 4.51. The van der Waals surface area contributed by atoms with Gasteiger partial charge in [-0.15, -0.1) is 11.3 Å². The Bertz CT molecular complexity index is 556. The molecule has 0 aliphatic carbocycles. The number of aromatic nitrogens is 2. The van der Waals surface area contributed by atoms with Crippen LogP contribution in [0.5, 0.6) is 0 Å². The highest BCUT2D eigenvalue weighted by atomic mass is 79.9. The third-order valence-corrected chi connectivity index (χ3v) is 4.34. The summed E-state index contributed by atoms with van der Waals surface area (Å²) < 4.78 is 1.15. The molecule has 0 bridgehead atoms. The molecular formula is C14H19BrN4S. The van der Waals surface area contributed by atoms with E-state index in [0.717, 1.165) is 47.2 Å². The molecule has 108 valence electrons. The maximum absolute atomic E-state index is 4.51. The standard InChI is InChI=1S/C14H19BrN4S/c1-3-7-16-13-8-14(19-12(4-2)18-13)17-9-10-5-6-11(15)20-10/h5-6,8H,3-4,7,9H2,1-2H3,(H2,16,17,18,19). The number of thiophene rings is 1. The van der Waals surface area contributed by atoms with Crippen molar-refractivity contribution < 1.29 is 0 Å². The Morgan fingerprint density at radius 2 is 1.90 bits per heavy atom. The van der Waals surface area contributed by atoms with Crippen LogP contribution in [0, 0.1) is 0 Å². The Labute approximate surface area is 132 Å². The van der Waals surface area contributed by atoms with Crippen molar-refractivity contribution in [3.05, 3.63) is 32.7 Å². The lowest BCUT2D eigenvalue weighted by Gasteiger charge is -2.10. The monoisotopic (exact) mass is 354 g/mol. The quantitative estimate of drug-likeness (QED) is 0.778. The van der Waals surface area contributed by atoms with Crippen molar-refractivity contribution >= 4 is 38.9 Å². The van der Waals surface area contributed by atoms with E-state index in [1.807, 2.05) is 6.07 Å². The van der Waals surface area contributed by atoms with E-state index >= 15 is 0 Å². The Balaban J connectivity index is 2.05. The predicted molar refractivity (Wildman–Crippen MR) is 89.5 cm³/mol. The molecule has 4 nitrogen and oxygen atoms in total. The van der Waals surface area contributed by atoms with Gasteiger partial charge in [-0.25, -0.2) is 9.97 Å². The Morgan fingerprint density at radius 1 is 1.15 bits per heavy atom. The molecule has 0 spiro atoms. The topological polar surface area (TPSA) is 49.8 Å². The smallest absolute Gasteiger partial charge is 0.132 e. The van der Waals surface area contributed by atoms with Crippen LogP contribution in [0.4, 0.5) is 11.6 Å². The van der Waals surface area contributed by atoms with E-state index in [4.69, 9.17) is 0 Å². The van der Waals surface area contributed by atoms with Gasteiger partial charge in [-0.3, -0.25) is 0 Å². The number of rotatable bonds is 7. The summed E-state index contributed by atoms with van der Waals surface area (Å²) in [6.07, 6.45) is 1.92. The van der Waals surface area contributed by atoms with Gasteiger partial charge in [0.25, 0.3) is 0 Å². The van der Waals surface area contributed by atoms with E-state index in [0.29, 0.717) is 0 Å². The summed E-state index contributed by atoms with van der Waals surface area (Å²) in [5.41, 5.74) is 0. The normalized spacial score (nSPS) is 10.6. The van der Waals surface area contributed by atoms with Gasteiger partial charge in [-0.1, -0.05) is 13.8 Å². The minimum atomic E-state index is 0.781. The molecule has 0 atom stereocenters. The number of anilines is 2. The van der Waals surface area contributed by atoms with Gasteiger partial charge in [-0.05, 0) is 34.5 Å². The van der Waals surface area contributed by atoms with Crippen molar-refractivity contribution in [2.24, 2.45) is 0 Å². The van der Waals surface area contributed by atoms with Crippen LogP contribution in [-0.2, 0) is 13.0 Å². The molecular weight excluding hydrogens is 336 g/mol. The lowest BCUT2D eigenvalue weighted by Crippen LogP contribution is -2.08. The molecule has 0 amide bonds. The molecule has 2 heterocycles. The summed E-state index contributed by atoms with van der Waals surface area (Å²) in [7, 11) is 0. The van der Waals surface area contributed by atoms with Gasteiger partial charge in [-0.2, -0.15) is 0 Å². The van der Waals surface area contributed by atoms with Crippen LogP contribution in [0.25, 0.3) is 0 Å². The molecule has 0 radical (unpaired) electrons. The highest BCUT2D eigenvalue weighted by Gasteiger charge is 2.04. The first kappa shape index (κ1) is 15.3. The fourth-order valence-electron chi connectivity index (χ4n) is 1.71. The zero-order valence-corrected chi connectivity index (χ0v) is 14.1. The first-order valence-electron chi connectivity index (χ1n) is 6.81. The zero-order valence-electron chi connectivity index (χ0n) is 11.7. The molecule has 2 N–H and O–H groups in total. The average molecular weight is 355 g/mol. The average Bonchev–Trinajstić information content (AvgIpc) is 2.88. The van der Waals surface area contributed by atoms with Gasteiger partial charge >= 0.3 is 0 Å². The third kappa shape index (κ3) is 4.45. The lowest BCUT2D eigenvalue weighted by molar-refractivity contribution is 0.914. The van der Waals surface area contributed by atoms with Crippen LogP contribution in [0.1, 0.15) is 31.0 Å². The SMILES string of the molecule is CCCNc1cc(NCc2ccc(Br)s2)nc(CC)n1. The van der Waals surface area contributed by atoms with Gasteiger partial charge in [0.2, 0.25) is 0 Å². The van der Waals surface area contributed by atoms with E-state index in [-0.39, 0.29) is 0 Å².